The van der Waals surface area contributed by atoms with E-state index in [1.165, 1.54) is 0 Å². The molecule has 0 bridgehead atoms. The molecule has 5 heteroatoms. The first-order chi connectivity index (χ1) is 8.16. The minimum atomic E-state index is -0.272. The van der Waals surface area contributed by atoms with Crippen LogP contribution in [-0.2, 0) is 0 Å². The first kappa shape index (κ1) is 15.1. The van der Waals surface area contributed by atoms with Gasteiger partial charge >= 0.3 is 0 Å². The number of β-amino-alcohol motifs (C(OH)–C–C–N with tert-alkyl or cyclic N) is 1. The van der Waals surface area contributed by atoms with E-state index in [9.17, 15) is 10.2 Å². The first-order valence-electron chi connectivity index (χ1n) is 6.10. The number of aliphatic hydroxyl groups is 1. The average Bonchev–Trinajstić information content (AvgIpc) is 2.30. The van der Waals surface area contributed by atoms with Gasteiger partial charge < -0.3 is 15.1 Å². The van der Waals surface area contributed by atoms with E-state index in [0.29, 0.717) is 5.75 Å². The molecule has 1 atom stereocenters. The van der Waals surface area contributed by atoms with Crippen LogP contribution in [0.5, 0.6) is 5.75 Å². The molecule has 1 aromatic rings. The normalized spacial score (nSPS) is 18.2. The van der Waals surface area contributed by atoms with Gasteiger partial charge in [-0.2, -0.15) is 0 Å². The standard InChI is InChI=1S/C13H20N2O2.ClH/c1-11(16)10-14-6-8-15(9-7-14)12-4-2-3-5-13(12)17;/h2-5,11,16-17H,6-10H2,1H3;1H. The molecule has 18 heavy (non-hydrogen) atoms. The van der Waals surface area contributed by atoms with Crippen LogP contribution in [0.3, 0.4) is 0 Å². The molecule has 0 aromatic heterocycles. The predicted octanol–water partition coefficient (Wildman–Crippen LogP) is 1.32. The lowest BCUT2D eigenvalue weighted by atomic mass is 10.2. The molecule has 1 saturated heterocycles. The Balaban J connectivity index is 0.00000162. The smallest absolute Gasteiger partial charge is 0.138 e. The summed E-state index contributed by atoms with van der Waals surface area (Å²) in [5.74, 6) is 0.344. The second kappa shape index (κ2) is 6.83. The summed E-state index contributed by atoms with van der Waals surface area (Å²) in [4.78, 5) is 4.44. The minimum Gasteiger partial charge on any atom is -0.506 e. The van der Waals surface area contributed by atoms with Crippen LogP contribution in [0.2, 0.25) is 0 Å². The largest absolute Gasteiger partial charge is 0.506 e. The Morgan fingerprint density at radius 3 is 2.33 bits per heavy atom. The van der Waals surface area contributed by atoms with E-state index < -0.39 is 0 Å². The molecule has 2 rings (SSSR count). The average molecular weight is 273 g/mol. The molecule has 0 amide bonds. The number of aliphatic hydroxyl groups excluding tert-OH is 1. The lowest BCUT2D eigenvalue weighted by Gasteiger charge is -2.36. The number of piperazine rings is 1. The maximum atomic E-state index is 9.78. The summed E-state index contributed by atoms with van der Waals surface area (Å²) < 4.78 is 0. The van der Waals surface area contributed by atoms with E-state index in [0.717, 1.165) is 38.4 Å². The lowest BCUT2D eigenvalue weighted by molar-refractivity contribution is 0.122. The molecule has 1 unspecified atom stereocenters. The van der Waals surface area contributed by atoms with E-state index in [1.54, 1.807) is 6.07 Å². The van der Waals surface area contributed by atoms with Crippen molar-refractivity contribution in [1.29, 1.82) is 0 Å². The molecule has 1 heterocycles. The minimum absolute atomic E-state index is 0. The molecule has 0 spiro atoms. The second-order valence-corrected chi connectivity index (χ2v) is 4.63. The molecule has 102 valence electrons. The molecule has 1 aromatic carbocycles. The third-order valence-electron chi connectivity index (χ3n) is 3.12. The van der Waals surface area contributed by atoms with E-state index in [-0.39, 0.29) is 18.5 Å². The first-order valence-corrected chi connectivity index (χ1v) is 6.10. The Labute approximate surface area is 114 Å². The Morgan fingerprint density at radius 1 is 1.17 bits per heavy atom. The number of para-hydroxylation sites is 2. The van der Waals surface area contributed by atoms with Gasteiger partial charge in [0, 0.05) is 32.7 Å². The van der Waals surface area contributed by atoms with E-state index >= 15 is 0 Å². The van der Waals surface area contributed by atoms with Crippen molar-refractivity contribution in [2.24, 2.45) is 0 Å². The van der Waals surface area contributed by atoms with Crippen LogP contribution >= 0.6 is 12.4 Å². The van der Waals surface area contributed by atoms with Gasteiger partial charge in [0.2, 0.25) is 0 Å². The van der Waals surface area contributed by atoms with Crippen LogP contribution in [0.15, 0.2) is 24.3 Å². The molecule has 4 nitrogen and oxygen atoms in total. The molecule has 0 saturated carbocycles. The zero-order chi connectivity index (χ0) is 12.3. The fourth-order valence-electron chi connectivity index (χ4n) is 2.28. The quantitative estimate of drug-likeness (QED) is 0.871. The second-order valence-electron chi connectivity index (χ2n) is 4.63. The SMILES string of the molecule is CC(O)CN1CCN(c2ccccc2O)CC1.Cl. The van der Waals surface area contributed by atoms with Crippen molar-refractivity contribution in [3.8, 4) is 5.75 Å². The summed E-state index contributed by atoms with van der Waals surface area (Å²) in [5, 5.41) is 19.1. The third-order valence-corrected chi connectivity index (χ3v) is 3.12. The Kier molecular flexibility index (Phi) is 5.72. The summed E-state index contributed by atoms with van der Waals surface area (Å²) in [6.07, 6.45) is -0.272. The van der Waals surface area contributed by atoms with Gasteiger partial charge in [-0.25, -0.2) is 0 Å². The number of benzene rings is 1. The number of hydrogen-bond donors (Lipinski definition) is 2. The summed E-state index contributed by atoms with van der Waals surface area (Å²) >= 11 is 0. The number of halogens is 1. The summed E-state index contributed by atoms with van der Waals surface area (Å²) in [7, 11) is 0. The molecule has 0 aliphatic carbocycles. The Hall–Kier alpha value is -0.970. The molecular formula is C13H21ClN2O2. The monoisotopic (exact) mass is 272 g/mol. The maximum absolute atomic E-state index is 9.78. The Bertz CT molecular complexity index is 366. The van der Waals surface area contributed by atoms with Crippen molar-refractivity contribution in [3.05, 3.63) is 24.3 Å². The van der Waals surface area contributed by atoms with Gasteiger partial charge in [0.05, 0.1) is 11.8 Å². The highest BCUT2D eigenvalue weighted by molar-refractivity contribution is 5.85. The highest BCUT2D eigenvalue weighted by Gasteiger charge is 2.19. The highest BCUT2D eigenvalue weighted by Crippen LogP contribution is 2.27. The van der Waals surface area contributed by atoms with Crippen molar-refractivity contribution >= 4 is 18.1 Å². The zero-order valence-electron chi connectivity index (χ0n) is 10.6. The number of aromatic hydroxyl groups is 1. The maximum Gasteiger partial charge on any atom is 0.138 e. The predicted molar refractivity (Wildman–Crippen MR) is 75.7 cm³/mol. The van der Waals surface area contributed by atoms with Crippen LogP contribution < -0.4 is 4.90 Å². The number of nitrogens with zero attached hydrogens (tertiary/aromatic N) is 2. The lowest BCUT2D eigenvalue weighted by Crippen LogP contribution is -2.48. The highest BCUT2D eigenvalue weighted by atomic mass is 35.5. The van der Waals surface area contributed by atoms with Gasteiger partial charge in [-0.1, -0.05) is 12.1 Å². The van der Waals surface area contributed by atoms with Crippen molar-refractivity contribution in [2.75, 3.05) is 37.6 Å². The van der Waals surface area contributed by atoms with Crippen molar-refractivity contribution < 1.29 is 10.2 Å². The number of phenolic OH excluding ortho intramolecular Hbond substituents is 1. The van der Waals surface area contributed by atoms with Gasteiger partial charge in [0.1, 0.15) is 5.75 Å². The van der Waals surface area contributed by atoms with Crippen molar-refractivity contribution in [3.63, 3.8) is 0 Å². The van der Waals surface area contributed by atoms with Crippen LogP contribution in [0, 0.1) is 0 Å². The topological polar surface area (TPSA) is 46.9 Å². The molecule has 2 N–H and O–H groups in total. The summed E-state index contributed by atoms with van der Waals surface area (Å²) in [6.45, 7) is 6.19. The fourth-order valence-corrected chi connectivity index (χ4v) is 2.28. The molecule has 1 aliphatic rings. The number of hydrogen-bond acceptors (Lipinski definition) is 4. The van der Waals surface area contributed by atoms with Gasteiger partial charge in [0.25, 0.3) is 0 Å². The zero-order valence-corrected chi connectivity index (χ0v) is 11.4. The summed E-state index contributed by atoms with van der Waals surface area (Å²) in [6, 6.07) is 7.44. The number of phenols is 1. The van der Waals surface area contributed by atoms with Crippen LogP contribution in [-0.4, -0.2) is 53.9 Å². The van der Waals surface area contributed by atoms with Crippen LogP contribution in [0.4, 0.5) is 5.69 Å². The third kappa shape index (κ3) is 3.77. The van der Waals surface area contributed by atoms with Gasteiger partial charge in [0.15, 0.2) is 0 Å². The number of rotatable bonds is 3. The van der Waals surface area contributed by atoms with Crippen LogP contribution in [0.25, 0.3) is 0 Å². The van der Waals surface area contributed by atoms with Crippen LogP contribution in [0.1, 0.15) is 6.92 Å². The molecule has 1 aliphatic heterocycles. The van der Waals surface area contributed by atoms with E-state index in [4.69, 9.17) is 0 Å². The van der Waals surface area contributed by atoms with Crippen molar-refractivity contribution in [2.45, 2.75) is 13.0 Å². The van der Waals surface area contributed by atoms with Gasteiger partial charge in [-0.15, -0.1) is 12.4 Å². The number of anilines is 1. The van der Waals surface area contributed by atoms with E-state index in [2.05, 4.69) is 9.80 Å². The van der Waals surface area contributed by atoms with E-state index in [1.807, 2.05) is 25.1 Å². The molecule has 0 radical (unpaired) electrons. The van der Waals surface area contributed by atoms with Gasteiger partial charge in [-0.3, -0.25) is 4.90 Å². The Morgan fingerprint density at radius 2 is 1.78 bits per heavy atom. The van der Waals surface area contributed by atoms with Crippen molar-refractivity contribution in [1.82, 2.24) is 4.90 Å². The molecule has 1 fully saturated rings. The molecular weight excluding hydrogens is 252 g/mol. The fraction of sp³-hybridized carbons (Fsp3) is 0.538. The van der Waals surface area contributed by atoms with Gasteiger partial charge in [-0.05, 0) is 19.1 Å². The summed E-state index contributed by atoms with van der Waals surface area (Å²) in [5.41, 5.74) is 0.907.